The van der Waals surface area contributed by atoms with Gasteiger partial charge >= 0.3 is 0 Å². The SMILES string of the molecule is O=C(Cn1cnc2ccccc2c1=O)Nc1ncc(Cc2cc(Cl)ccc2Cl)s1. The first-order chi connectivity index (χ1) is 14.0. The molecule has 0 saturated carbocycles. The molecule has 2 aromatic heterocycles. The van der Waals surface area contributed by atoms with E-state index in [1.54, 1.807) is 42.6 Å². The van der Waals surface area contributed by atoms with Crippen molar-refractivity contribution < 1.29 is 4.79 Å². The second-order valence-corrected chi connectivity index (χ2v) is 8.25. The van der Waals surface area contributed by atoms with Gasteiger partial charge in [-0.2, -0.15) is 0 Å². The lowest BCUT2D eigenvalue weighted by Gasteiger charge is -2.06. The largest absolute Gasteiger partial charge is 0.300 e. The predicted octanol–water partition coefficient (Wildman–Crippen LogP) is 4.39. The Labute approximate surface area is 179 Å². The van der Waals surface area contributed by atoms with Crippen molar-refractivity contribution in [2.45, 2.75) is 13.0 Å². The molecule has 6 nitrogen and oxygen atoms in total. The van der Waals surface area contributed by atoms with Crippen LogP contribution in [-0.2, 0) is 17.8 Å². The number of benzene rings is 2. The van der Waals surface area contributed by atoms with Gasteiger partial charge < -0.3 is 5.32 Å². The fourth-order valence-electron chi connectivity index (χ4n) is 2.85. The maximum atomic E-state index is 12.5. The number of nitrogens with one attached hydrogen (secondary N) is 1. The summed E-state index contributed by atoms with van der Waals surface area (Å²) in [4.78, 5) is 34.2. The van der Waals surface area contributed by atoms with Gasteiger partial charge in [0, 0.05) is 27.5 Å². The Bertz CT molecular complexity index is 1270. The molecule has 0 saturated heterocycles. The monoisotopic (exact) mass is 444 g/mol. The van der Waals surface area contributed by atoms with Gasteiger partial charge in [-0.15, -0.1) is 11.3 Å². The number of amides is 1. The minimum Gasteiger partial charge on any atom is -0.300 e. The molecule has 0 aliphatic rings. The van der Waals surface area contributed by atoms with E-state index in [9.17, 15) is 9.59 Å². The highest BCUT2D eigenvalue weighted by atomic mass is 35.5. The number of fused-ring (bicyclic) bond motifs is 1. The van der Waals surface area contributed by atoms with Gasteiger partial charge in [0.05, 0.1) is 17.2 Å². The summed E-state index contributed by atoms with van der Waals surface area (Å²) < 4.78 is 1.28. The van der Waals surface area contributed by atoms with Crippen molar-refractivity contribution in [1.29, 1.82) is 0 Å². The van der Waals surface area contributed by atoms with Crippen molar-refractivity contribution in [2.24, 2.45) is 0 Å². The molecule has 0 bridgehead atoms. The summed E-state index contributed by atoms with van der Waals surface area (Å²) in [6.07, 6.45) is 3.61. The van der Waals surface area contributed by atoms with Gasteiger partial charge in [0.25, 0.3) is 5.56 Å². The molecule has 9 heteroatoms. The van der Waals surface area contributed by atoms with E-state index in [1.807, 2.05) is 6.07 Å². The van der Waals surface area contributed by atoms with Crippen LogP contribution in [0, 0.1) is 0 Å². The summed E-state index contributed by atoms with van der Waals surface area (Å²) in [6, 6.07) is 12.3. The summed E-state index contributed by atoms with van der Waals surface area (Å²) in [5.74, 6) is -0.356. The van der Waals surface area contributed by atoms with Crippen molar-refractivity contribution in [2.75, 3.05) is 5.32 Å². The number of aromatic nitrogens is 3. The molecule has 4 rings (SSSR count). The molecule has 29 heavy (non-hydrogen) atoms. The highest BCUT2D eigenvalue weighted by molar-refractivity contribution is 7.15. The first-order valence-electron chi connectivity index (χ1n) is 8.62. The summed E-state index contributed by atoms with van der Waals surface area (Å²) in [5, 5.41) is 4.87. The van der Waals surface area contributed by atoms with Crippen molar-refractivity contribution in [1.82, 2.24) is 14.5 Å². The summed E-state index contributed by atoms with van der Waals surface area (Å²) in [5.41, 5.74) is 1.22. The van der Waals surface area contributed by atoms with Crippen LogP contribution >= 0.6 is 34.5 Å². The maximum absolute atomic E-state index is 12.5. The van der Waals surface area contributed by atoms with Crippen LogP contribution in [-0.4, -0.2) is 20.4 Å². The van der Waals surface area contributed by atoms with Gasteiger partial charge in [0.15, 0.2) is 5.13 Å². The van der Waals surface area contributed by atoms with E-state index in [2.05, 4.69) is 15.3 Å². The number of anilines is 1. The zero-order chi connectivity index (χ0) is 20.4. The van der Waals surface area contributed by atoms with Crippen molar-refractivity contribution in [3.63, 3.8) is 0 Å². The molecule has 2 aromatic carbocycles. The second kappa shape index (κ2) is 8.32. The van der Waals surface area contributed by atoms with Crippen LogP contribution in [0.3, 0.4) is 0 Å². The molecule has 0 atom stereocenters. The molecule has 146 valence electrons. The van der Waals surface area contributed by atoms with Crippen LogP contribution in [0.15, 0.2) is 59.8 Å². The molecule has 0 unspecified atom stereocenters. The van der Waals surface area contributed by atoms with E-state index in [1.165, 1.54) is 22.2 Å². The molecule has 0 aliphatic carbocycles. The molecule has 0 radical (unpaired) electrons. The lowest BCUT2D eigenvalue weighted by molar-refractivity contribution is -0.116. The van der Waals surface area contributed by atoms with Crippen molar-refractivity contribution >= 4 is 56.5 Å². The summed E-state index contributed by atoms with van der Waals surface area (Å²) >= 11 is 13.6. The highest BCUT2D eigenvalue weighted by Crippen LogP contribution is 2.27. The van der Waals surface area contributed by atoms with Crippen molar-refractivity contribution in [3.05, 3.63) is 85.8 Å². The average molecular weight is 445 g/mol. The first kappa shape index (κ1) is 19.6. The van der Waals surface area contributed by atoms with Crippen LogP contribution in [0.25, 0.3) is 10.9 Å². The van der Waals surface area contributed by atoms with Crippen LogP contribution in [0.4, 0.5) is 5.13 Å². The summed E-state index contributed by atoms with van der Waals surface area (Å²) in [7, 11) is 0. The predicted molar refractivity (Wildman–Crippen MR) is 116 cm³/mol. The molecular formula is C20H14Cl2N4O2S. The Kier molecular flexibility index (Phi) is 5.62. The number of para-hydroxylation sites is 1. The Hall–Kier alpha value is -2.74. The smallest absolute Gasteiger partial charge is 0.261 e. The van der Waals surface area contributed by atoms with Gasteiger partial charge in [-0.05, 0) is 35.9 Å². The number of carbonyl (C=O) groups excluding carboxylic acids is 1. The van der Waals surface area contributed by atoms with Crippen LogP contribution in [0.2, 0.25) is 10.0 Å². The van der Waals surface area contributed by atoms with Gasteiger partial charge in [0.2, 0.25) is 5.91 Å². The molecule has 0 aliphatic heterocycles. The molecule has 2 heterocycles. The van der Waals surface area contributed by atoms with E-state index in [0.29, 0.717) is 32.5 Å². The Morgan fingerprint density at radius 1 is 1.14 bits per heavy atom. The topological polar surface area (TPSA) is 76.9 Å². The number of hydrogen-bond donors (Lipinski definition) is 1. The number of hydrogen-bond acceptors (Lipinski definition) is 5. The van der Waals surface area contributed by atoms with E-state index in [0.717, 1.165) is 10.4 Å². The van der Waals surface area contributed by atoms with Crippen LogP contribution < -0.4 is 10.9 Å². The highest BCUT2D eigenvalue weighted by Gasteiger charge is 2.11. The lowest BCUT2D eigenvalue weighted by Crippen LogP contribution is -2.27. The van der Waals surface area contributed by atoms with E-state index >= 15 is 0 Å². The molecule has 1 amide bonds. The average Bonchev–Trinajstić information content (AvgIpc) is 3.14. The molecule has 0 fully saturated rings. The first-order valence-corrected chi connectivity index (χ1v) is 10.2. The molecule has 1 N–H and O–H groups in total. The number of carbonyl (C=O) groups is 1. The Morgan fingerprint density at radius 2 is 1.97 bits per heavy atom. The standard InChI is InChI=1S/C20H14Cl2N4O2S/c21-13-5-6-16(22)12(7-13)8-14-9-23-20(29-14)25-18(27)10-26-11-24-17-4-2-1-3-15(17)19(26)28/h1-7,9,11H,8,10H2,(H,23,25,27). The number of thiazole rings is 1. The van der Waals surface area contributed by atoms with Gasteiger partial charge in [-0.1, -0.05) is 35.3 Å². The minimum atomic E-state index is -0.356. The van der Waals surface area contributed by atoms with Crippen molar-refractivity contribution in [3.8, 4) is 0 Å². The van der Waals surface area contributed by atoms with Crippen LogP contribution in [0.1, 0.15) is 10.4 Å². The third-order valence-electron chi connectivity index (χ3n) is 4.22. The zero-order valence-electron chi connectivity index (χ0n) is 14.9. The minimum absolute atomic E-state index is 0.147. The van der Waals surface area contributed by atoms with Gasteiger partial charge in [-0.3, -0.25) is 14.2 Å². The summed E-state index contributed by atoms with van der Waals surface area (Å²) in [6.45, 7) is -0.147. The van der Waals surface area contributed by atoms with E-state index < -0.39 is 0 Å². The number of nitrogens with zero attached hydrogens (tertiary/aromatic N) is 3. The third kappa shape index (κ3) is 4.48. The van der Waals surface area contributed by atoms with E-state index in [-0.39, 0.29) is 18.0 Å². The Morgan fingerprint density at radius 3 is 2.83 bits per heavy atom. The van der Waals surface area contributed by atoms with Gasteiger partial charge in [-0.25, -0.2) is 9.97 Å². The number of halogens is 2. The Balaban J connectivity index is 1.45. The normalized spacial score (nSPS) is 11.0. The third-order valence-corrected chi connectivity index (χ3v) is 5.73. The fourth-order valence-corrected chi connectivity index (χ4v) is 4.08. The number of rotatable bonds is 5. The molecule has 0 spiro atoms. The second-order valence-electron chi connectivity index (χ2n) is 6.29. The molecular weight excluding hydrogens is 431 g/mol. The quantitative estimate of drug-likeness (QED) is 0.495. The van der Waals surface area contributed by atoms with Crippen LogP contribution in [0.5, 0.6) is 0 Å². The zero-order valence-corrected chi connectivity index (χ0v) is 17.3. The molecule has 4 aromatic rings. The maximum Gasteiger partial charge on any atom is 0.261 e. The lowest BCUT2D eigenvalue weighted by atomic mass is 10.1. The van der Waals surface area contributed by atoms with Gasteiger partial charge in [0.1, 0.15) is 6.54 Å². The van der Waals surface area contributed by atoms with E-state index in [4.69, 9.17) is 23.2 Å². The fraction of sp³-hybridized carbons (Fsp3) is 0.100.